The number of aromatic nitrogens is 2. The van der Waals surface area contributed by atoms with Gasteiger partial charge in [-0.1, -0.05) is 0 Å². The topological polar surface area (TPSA) is 79.3 Å². The van der Waals surface area contributed by atoms with Crippen LogP contribution in [0.5, 0.6) is 0 Å². The lowest BCUT2D eigenvalue weighted by molar-refractivity contribution is -0.134. The van der Waals surface area contributed by atoms with Crippen molar-refractivity contribution in [1.82, 2.24) is 20.4 Å². The van der Waals surface area contributed by atoms with Gasteiger partial charge in [0.25, 0.3) is 5.92 Å². The van der Waals surface area contributed by atoms with Crippen molar-refractivity contribution in [3.8, 4) is 0 Å². The van der Waals surface area contributed by atoms with Gasteiger partial charge in [-0.25, -0.2) is 8.78 Å². The van der Waals surface area contributed by atoms with Gasteiger partial charge in [0.15, 0.2) is 0 Å². The average Bonchev–Trinajstić information content (AvgIpc) is 3.15. The van der Waals surface area contributed by atoms with Crippen molar-refractivity contribution in [1.29, 1.82) is 0 Å². The van der Waals surface area contributed by atoms with Gasteiger partial charge < -0.3 is 10.2 Å². The average molecular weight is 460 g/mol. The molecule has 3 fully saturated rings. The Morgan fingerprint density at radius 3 is 2.42 bits per heavy atom. The van der Waals surface area contributed by atoms with E-state index in [-0.39, 0.29) is 11.8 Å². The zero-order valence-electron chi connectivity index (χ0n) is 18.9. The highest BCUT2D eigenvalue weighted by Gasteiger charge is 2.47. The molecule has 2 aromatic rings. The number of imide groups is 1. The van der Waals surface area contributed by atoms with Crippen LogP contribution in [0.4, 0.5) is 14.5 Å². The number of carbonyl (C=O) groups excluding carboxylic acids is 2. The number of fused-ring (bicyclic) bond motifs is 1. The van der Waals surface area contributed by atoms with E-state index < -0.39 is 23.7 Å². The molecule has 9 heteroatoms. The van der Waals surface area contributed by atoms with Gasteiger partial charge in [-0.2, -0.15) is 5.10 Å². The van der Waals surface area contributed by atoms with Gasteiger partial charge in [-0.05, 0) is 63.4 Å². The van der Waals surface area contributed by atoms with Crippen LogP contribution in [0.3, 0.4) is 0 Å². The number of nitrogens with zero attached hydrogens (tertiary/aromatic N) is 3. The van der Waals surface area contributed by atoms with Crippen molar-refractivity contribution in [2.75, 3.05) is 31.1 Å². The van der Waals surface area contributed by atoms with E-state index in [1.54, 1.807) is 4.68 Å². The molecule has 3 aliphatic heterocycles. The number of amides is 2. The summed E-state index contributed by atoms with van der Waals surface area (Å²) in [6.45, 7) is 2.58. The van der Waals surface area contributed by atoms with Crippen molar-refractivity contribution in [2.24, 2.45) is 18.9 Å². The molecule has 33 heavy (non-hydrogen) atoms. The third-order valence-corrected chi connectivity index (χ3v) is 7.72. The molecular formula is C24H31F2N5O2. The van der Waals surface area contributed by atoms with Crippen molar-refractivity contribution in [3.05, 3.63) is 23.9 Å². The molecule has 178 valence electrons. The molecule has 3 saturated heterocycles. The Balaban J connectivity index is 1.31. The summed E-state index contributed by atoms with van der Waals surface area (Å²) in [5, 5.41) is 11.1. The van der Waals surface area contributed by atoms with E-state index in [9.17, 15) is 9.59 Å². The minimum absolute atomic E-state index is 0.243. The van der Waals surface area contributed by atoms with E-state index >= 15 is 8.78 Å². The van der Waals surface area contributed by atoms with Crippen LogP contribution in [0, 0.1) is 11.8 Å². The highest BCUT2D eigenvalue weighted by molar-refractivity contribution is 6.02. The summed E-state index contributed by atoms with van der Waals surface area (Å²) < 4.78 is 32.0. The zero-order chi connectivity index (χ0) is 23.2. The van der Waals surface area contributed by atoms with Crippen LogP contribution in [0.25, 0.3) is 10.9 Å². The molecule has 1 atom stereocenters. The molecule has 0 aliphatic carbocycles. The largest absolute Gasteiger partial charge is 0.371 e. The number of carbonyl (C=O) groups is 2. The van der Waals surface area contributed by atoms with E-state index in [1.165, 1.54) is 0 Å². The predicted octanol–water partition coefficient (Wildman–Crippen LogP) is 2.94. The van der Waals surface area contributed by atoms with Crippen LogP contribution in [0.1, 0.15) is 50.1 Å². The second-order valence-corrected chi connectivity index (χ2v) is 9.67. The lowest BCUT2D eigenvalue weighted by Crippen LogP contribution is -2.47. The zero-order valence-corrected chi connectivity index (χ0v) is 18.9. The Morgan fingerprint density at radius 1 is 1.03 bits per heavy atom. The molecule has 3 aliphatic rings. The number of anilines is 1. The molecule has 5 rings (SSSR count). The number of alkyl halides is 2. The first kappa shape index (κ1) is 22.3. The normalized spacial score (nSPS) is 23.8. The standard InChI is InChI=1S/C24H31F2N5O2/c1-30-20-14-17(2-3-18(20)22(29-30)19-4-5-21(32)28-23(19)33)31-12-8-16(9-13-31)24(25,26)15-6-10-27-11-7-15/h2-3,14-16,19,27H,4-13H2,1H3,(H,28,32,33). The van der Waals surface area contributed by atoms with Gasteiger partial charge in [0.2, 0.25) is 11.8 Å². The molecule has 0 saturated carbocycles. The van der Waals surface area contributed by atoms with E-state index in [2.05, 4.69) is 20.6 Å². The smallest absolute Gasteiger partial charge is 0.253 e. The summed E-state index contributed by atoms with van der Waals surface area (Å²) in [6, 6.07) is 5.99. The number of aryl methyl sites for hydroxylation is 1. The second kappa shape index (κ2) is 8.66. The highest BCUT2D eigenvalue weighted by Crippen LogP contribution is 2.43. The van der Waals surface area contributed by atoms with Crippen LogP contribution in [-0.4, -0.2) is 53.7 Å². The Bertz CT molecular complexity index is 1050. The highest BCUT2D eigenvalue weighted by atomic mass is 19.3. The monoisotopic (exact) mass is 459 g/mol. The molecule has 1 aromatic carbocycles. The van der Waals surface area contributed by atoms with E-state index in [1.807, 2.05) is 25.2 Å². The van der Waals surface area contributed by atoms with E-state index in [0.717, 1.165) is 16.6 Å². The van der Waals surface area contributed by atoms with Crippen molar-refractivity contribution in [3.63, 3.8) is 0 Å². The van der Waals surface area contributed by atoms with Gasteiger partial charge >= 0.3 is 0 Å². The number of rotatable bonds is 4. The number of hydrogen-bond donors (Lipinski definition) is 2. The number of hydrogen-bond acceptors (Lipinski definition) is 5. The lowest BCUT2D eigenvalue weighted by atomic mass is 9.79. The first-order valence-corrected chi connectivity index (χ1v) is 12.0. The van der Waals surface area contributed by atoms with Crippen LogP contribution in [0.2, 0.25) is 0 Å². The number of benzene rings is 1. The van der Waals surface area contributed by atoms with Gasteiger partial charge in [-0.3, -0.25) is 19.6 Å². The first-order chi connectivity index (χ1) is 15.8. The number of halogens is 2. The Kier molecular flexibility index (Phi) is 5.84. The summed E-state index contributed by atoms with van der Waals surface area (Å²) in [4.78, 5) is 26.0. The molecule has 2 N–H and O–H groups in total. The molecular weight excluding hydrogens is 428 g/mol. The maximum absolute atomic E-state index is 15.1. The Morgan fingerprint density at radius 2 is 1.73 bits per heavy atom. The van der Waals surface area contributed by atoms with Gasteiger partial charge in [0.05, 0.1) is 17.1 Å². The number of nitrogens with one attached hydrogen (secondary N) is 2. The van der Waals surface area contributed by atoms with Crippen LogP contribution in [0.15, 0.2) is 18.2 Å². The molecule has 4 heterocycles. The quantitative estimate of drug-likeness (QED) is 0.688. The molecule has 2 amide bonds. The minimum Gasteiger partial charge on any atom is -0.371 e. The molecule has 1 unspecified atom stereocenters. The minimum atomic E-state index is -2.60. The van der Waals surface area contributed by atoms with Crippen LogP contribution < -0.4 is 15.5 Å². The molecule has 0 spiro atoms. The lowest BCUT2D eigenvalue weighted by Gasteiger charge is -2.41. The molecule has 0 bridgehead atoms. The van der Waals surface area contributed by atoms with Crippen molar-refractivity contribution >= 4 is 28.4 Å². The predicted molar refractivity (Wildman–Crippen MR) is 121 cm³/mol. The number of piperidine rings is 3. The molecule has 1 aromatic heterocycles. The van der Waals surface area contributed by atoms with Gasteiger partial charge in [0, 0.05) is 49.5 Å². The fraction of sp³-hybridized carbons (Fsp3) is 0.625. The summed E-state index contributed by atoms with van der Waals surface area (Å²) in [5.41, 5.74) is 2.57. The molecule has 0 radical (unpaired) electrons. The van der Waals surface area contributed by atoms with Crippen molar-refractivity contribution < 1.29 is 18.4 Å². The summed E-state index contributed by atoms with van der Waals surface area (Å²) in [5.74, 6) is -4.65. The fourth-order valence-electron chi connectivity index (χ4n) is 5.74. The fourth-order valence-corrected chi connectivity index (χ4v) is 5.74. The molecule has 7 nitrogen and oxygen atoms in total. The Hall–Kier alpha value is -2.55. The van der Waals surface area contributed by atoms with Crippen LogP contribution in [-0.2, 0) is 16.6 Å². The van der Waals surface area contributed by atoms with Gasteiger partial charge in [0.1, 0.15) is 0 Å². The van der Waals surface area contributed by atoms with E-state index in [4.69, 9.17) is 0 Å². The van der Waals surface area contributed by atoms with Gasteiger partial charge in [-0.15, -0.1) is 0 Å². The summed E-state index contributed by atoms with van der Waals surface area (Å²) in [7, 11) is 1.84. The first-order valence-electron chi connectivity index (χ1n) is 12.0. The maximum atomic E-state index is 15.1. The Labute approximate surface area is 191 Å². The summed E-state index contributed by atoms with van der Waals surface area (Å²) >= 11 is 0. The maximum Gasteiger partial charge on any atom is 0.253 e. The van der Waals surface area contributed by atoms with Crippen LogP contribution >= 0.6 is 0 Å². The van der Waals surface area contributed by atoms with E-state index in [0.29, 0.717) is 70.4 Å². The third kappa shape index (κ3) is 4.11. The third-order valence-electron chi connectivity index (χ3n) is 7.72. The summed E-state index contributed by atoms with van der Waals surface area (Å²) in [6.07, 6.45) is 2.85. The SMILES string of the molecule is Cn1nc(C2CCC(=O)NC2=O)c2ccc(N3CCC(C(F)(F)C4CCNCC4)CC3)cc21. The van der Waals surface area contributed by atoms with Crippen molar-refractivity contribution in [2.45, 2.75) is 50.4 Å². The second-order valence-electron chi connectivity index (χ2n) is 9.67.